The van der Waals surface area contributed by atoms with Crippen molar-refractivity contribution in [3.8, 4) is 0 Å². The first kappa shape index (κ1) is 12.9. The quantitative estimate of drug-likeness (QED) is 0.542. The third kappa shape index (κ3) is 2.92. The molecule has 1 aliphatic heterocycles. The third-order valence-electron chi connectivity index (χ3n) is 2.70. The Balaban J connectivity index is 2.54. The first-order chi connectivity index (χ1) is 7.60. The molecule has 90 valence electrons. The van der Waals surface area contributed by atoms with E-state index < -0.39 is 0 Å². The van der Waals surface area contributed by atoms with Crippen LogP contribution < -0.4 is 5.32 Å². The molecule has 16 heavy (non-hydrogen) atoms. The molecule has 0 aromatic carbocycles. The summed E-state index contributed by atoms with van der Waals surface area (Å²) < 4.78 is 0. The summed E-state index contributed by atoms with van der Waals surface area (Å²) in [6, 6.07) is -0.158. The second kappa shape index (κ2) is 5.80. The van der Waals surface area contributed by atoms with Crippen molar-refractivity contribution in [3.63, 3.8) is 0 Å². The minimum absolute atomic E-state index is 0.0600. The van der Waals surface area contributed by atoms with E-state index in [0.717, 1.165) is 12.8 Å². The van der Waals surface area contributed by atoms with Crippen LogP contribution >= 0.6 is 0 Å². The molecule has 0 aliphatic carbocycles. The van der Waals surface area contributed by atoms with E-state index in [2.05, 4.69) is 11.9 Å². The van der Waals surface area contributed by atoms with Crippen molar-refractivity contribution < 1.29 is 9.59 Å². The van der Waals surface area contributed by atoms with Crippen LogP contribution in [0.2, 0.25) is 0 Å². The Morgan fingerprint density at radius 3 is 2.88 bits per heavy atom. The molecule has 1 saturated heterocycles. The molecule has 4 heteroatoms. The minimum Gasteiger partial charge on any atom is -0.303 e. The highest BCUT2D eigenvalue weighted by atomic mass is 16.2. The van der Waals surface area contributed by atoms with Crippen LogP contribution in [0.25, 0.3) is 0 Å². The molecule has 0 aromatic heterocycles. The van der Waals surface area contributed by atoms with Crippen molar-refractivity contribution in [3.05, 3.63) is 12.7 Å². The number of nitrogens with zero attached hydrogens (tertiary/aromatic N) is 1. The first-order valence-corrected chi connectivity index (χ1v) is 5.81. The van der Waals surface area contributed by atoms with Crippen molar-refractivity contribution >= 4 is 11.8 Å². The van der Waals surface area contributed by atoms with Gasteiger partial charge in [-0.15, -0.1) is 6.58 Å². The van der Waals surface area contributed by atoms with Crippen molar-refractivity contribution in [1.29, 1.82) is 0 Å². The van der Waals surface area contributed by atoms with Gasteiger partial charge in [0.25, 0.3) is 0 Å². The Hall–Kier alpha value is -1.16. The largest absolute Gasteiger partial charge is 0.303 e. The Morgan fingerprint density at radius 1 is 1.62 bits per heavy atom. The first-order valence-electron chi connectivity index (χ1n) is 5.81. The van der Waals surface area contributed by atoms with Gasteiger partial charge in [0.1, 0.15) is 0 Å². The number of nitrogens with one attached hydrogen (secondary N) is 1. The lowest BCUT2D eigenvalue weighted by molar-refractivity contribution is -0.138. The Labute approximate surface area is 96.7 Å². The normalized spacial score (nSPS) is 22.6. The molecule has 1 rings (SSSR count). The van der Waals surface area contributed by atoms with Crippen LogP contribution in [-0.4, -0.2) is 35.3 Å². The van der Waals surface area contributed by atoms with Crippen LogP contribution in [0.15, 0.2) is 12.7 Å². The van der Waals surface area contributed by atoms with E-state index in [-0.39, 0.29) is 23.9 Å². The van der Waals surface area contributed by atoms with Gasteiger partial charge >= 0.3 is 0 Å². The second-order valence-corrected chi connectivity index (χ2v) is 4.23. The molecule has 1 N–H and O–H groups in total. The maximum absolute atomic E-state index is 11.9. The van der Waals surface area contributed by atoms with Crippen molar-refractivity contribution in [1.82, 2.24) is 10.2 Å². The summed E-state index contributed by atoms with van der Waals surface area (Å²) >= 11 is 0. The number of carbonyl (C=O) groups excluding carboxylic acids is 2. The summed E-state index contributed by atoms with van der Waals surface area (Å²) in [6.45, 7) is 8.13. The van der Waals surface area contributed by atoms with Gasteiger partial charge in [0.05, 0.1) is 12.5 Å². The van der Waals surface area contributed by atoms with E-state index in [1.54, 1.807) is 0 Å². The van der Waals surface area contributed by atoms with E-state index in [9.17, 15) is 9.59 Å². The molecule has 0 saturated carbocycles. The van der Waals surface area contributed by atoms with Gasteiger partial charge in [0.15, 0.2) is 0 Å². The lowest BCUT2D eigenvalue weighted by atomic mass is 10.1. The lowest BCUT2D eigenvalue weighted by Gasteiger charge is -2.17. The van der Waals surface area contributed by atoms with Crippen molar-refractivity contribution in [2.75, 3.05) is 6.54 Å². The maximum Gasteiger partial charge on any atom is 0.246 e. The highest BCUT2D eigenvalue weighted by molar-refractivity contribution is 6.05. The van der Waals surface area contributed by atoms with E-state index in [1.165, 1.54) is 4.90 Å². The van der Waals surface area contributed by atoms with Crippen LogP contribution in [0.3, 0.4) is 0 Å². The van der Waals surface area contributed by atoms with Crippen molar-refractivity contribution in [2.24, 2.45) is 0 Å². The summed E-state index contributed by atoms with van der Waals surface area (Å²) in [5, 5.41) is 3.17. The molecule has 1 heterocycles. The number of amides is 2. The summed E-state index contributed by atoms with van der Waals surface area (Å²) in [5.74, 6) is -0.141. The Morgan fingerprint density at radius 2 is 2.31 bits per heavy atom. The van der Waals surface area contributed by atoms with E-state index in [4.69, 9.17) is 0 Å². The fraction of sp³-hybridized carbons (Fsp3) is 0.667. The zero-order chi connectivity index (χ0) is 12.1. The molecule has 0 bridgehead atoms. The van der Waals surface area contributed by atoms with Gasteiger partial charge in [-0.1, -0.05) is 13.0 Å². The highest BCUT2D eigenvalue weighted by Gasteiger charge is 2.38. The molecule has 4 nitrogen and oxygen atoms in total. The summed E-state index contributed by atoms with van der Waals surface area (Å²) in [6.07, 6.45) is 3.71. The predicted molar refractivity (Wildman–Crippen MR) is 62.8 cm³/mol. The summed E-state index contributed by atoms with van der Waals surface area (Å²) in [5.41, 5.74) is 0. The molecule has 0 radical (unpaired) electrons. The topological polar surface area (TPSA) is 49.4 Å². The van der Waals surface area contributed by atoms with Gasteiger partial charge in [0.2, 0.25) is 11.8 Å². The molecule has 1 aliphatic rings. The summed E-state index contributed by atoms with van der Waals surface area (Å²) in [4.78, 5) is 24.8. The molecular formula is C12H20N2O2. The monoisotopic (exact) mass is 224 g/mol. The van der Waals surface area contributed by atoms with Gasteiger partial charge in [-0.25, -0.2) is 0 Å². The molecule has 2 unspecified atom stereocenters. The van der Waals surface area contributed by atoms with Gasteiger partial charge in [0, 0.05) is 12.6 Å². The smallest absolute Gasteiger partial charge is 0.246 e. The molecule has 0 aromatic rings. The Kier molecular flexibility index (Phi) is 4.68. The summed E-state index contributed by atoms with van der Waals surface area (Å²) in [7, 11) is 0. The van der Waals surface area contributed by atoms with Gasteiger partial charge in [-0.3, -0.25) is 14.5 Å². The minimum atomic E-state index is -0.339. The lowest BCUT2D eigenvalue weighted by Crippen LogP contribution is -2.42. The number of hydrogen-bond donors (Lipinski definition) is 1. The van der Waals surface area contributed by atoms with Gasteiger partial charge < -0.3 is 5.32 Å². The van der Waals surface area contributed by atoms with Gasteiger partial charge in [-0.05, 0) is 19.8 Å². The van der Waals surface area contributed by atoms with Gasteiger partial charge in [-0.2, -0.15) is 0 Å². The maximum atomic E-state index is 11.9. The van der Waals surface area contributed by atoms with Crippen molar-refractivity contribution in [2.45, 2.75) is 45.2 Å². The standard InChI is InChI=1S/C12H20N2O2/c1-4-6-9(3)13-10-8-11(15)14(7-5-2)12(10)16/h4,9-10,13H,1,5-8H2,2-3H3. The third-order valence-corrected chi connectivity index (χ3v) is 2.70. The fourth-order valence-electron chi connectivity index (χ4n) is 1.93. The number of imide groups is 1. The molecule has 2 atom stereocenters. The Bertz CT molecular complexity index is 289. The predicted octanol–water partition coefficient (Wildman–Crippen LogP) is 1.08. The number of hydrogen-bond acceptors (Lipinski definition) is 3. The average Bonchev–Trinajstić information content (AvgIpc) is 2.47. The van der Waals surface area contributed by atoms with E-state index in [1.807, 2.05) is 19.9 Å². The average molecular weight is 224 g/mol. The number of rotatable bonds is 6. The van der Waals surface area contributed by atoms with Crippen LogP contribution in [-0.2, 0) is 9.59 Å². The molecule has 1 fully saturated rings. The fourth-order valence-corrected chi connectivity index (χ4v) is 1.93. The number of likely N-dealkylation sites (tertiary alicyclic amines) is 1. The second-order valence-electron chi connectivity index (χ2n) is 4.23. The van der Waals surface area contributed by atoms with Crippen LogP contribution in [0.5, 0.6) is 0 Å². The molecule has 0 spiro atoms. The SMILES string of the molecule is C=CCC(C)NC1CC(=O)N(CCC)C1=O. The van der Waals surface area contributed by atoms with Crippen LogP contribution in [0.4, 0.5) is 0 Å². The highest BCUT2D eigenvalue weighted by Crippen LogP contribution is 2.14. The molecule has 2 amide bonds. The zero-order valence-electron chi connectivity index (χ0n) is 10.0. The number of carbonyl (C=O) groups is 2. The molecular weight excluding hydrogens is 204 g/mol. The van der Waals surface area contributed by atoms with Crippen LogP contribution in [0, 0.1) is 0 Å². The van der Waals surface area contributed by atoms with Crippen LogP contribution in [0.1, 0.15) is 33.1 Å². The zero-order valence-corrected chi connectivity index (χ0v) is 10.0. The van der Waals surface area contributed by atoms with E-state index in [0.29, 0.717) is 13.0 Å². The van der Waals surface area contributed by atoms with E-state index >= 15 is 0 Å².